The van der Waals surface area contributed by atoms with E-state index in [2.05, 4.69) is 0 Å². The molecule has 0 heterocycles. The number of benzene rings is 2. The van der Waals surface area contributed by atoms with Crippen LogP contribution in [0, 0.1) is 6.92 Å². The molecule has 0 amide bonds. The van der Waals surface area contributed by atoms with Crippen molar-refractivity contribution in [3.8, 4) is 17.2 Å². The largest absolute Gasteiger partial charge is 0.497 e. The Morgan fingerprint density at radius 3 is 1.86 bits per heavy atom. The van der Waals surface area contributed by atoms with Crippen molar-refractivity contribution in [1.82, 2.24) is 0 Å². The van der Waals surface area contributed by atoms with E-state index in [9.17, 15) is 0 Å². The predicted octanol–water partition coefficient (Wildman–Crippen LogP) is 3.07. The molecule has 2 aromatic carbocycles. The number of ether oxygens (including phenoxy) is 3. The zero-order valence-corrected chi connectivity index (χ0v) is 12.8. The van der Waals surface area contributed by atoms with E-state index in [1.807, 2.05) is 43.3 Å². The summed E-state index contributed by atoms with van der Waals surface area (Å²) in [6, 6.07) is 11.3. The molecule has 0 saturated heterocycles. The summed E-state index contributed by atoms with van der Waals surface area (Å²) in [6.07, 6.45) is 0. The third-order valence-corrected chi connectivity index (χ3v) is 3.54. The summed E-state index contributed by atoms with van der Waals surface area (Å²) in [6.45, 7) is 2.02. The fourth-order valence-electron chi connectivity index (χ4n) is 2.31. The van der Waals surface area contributed by atoms with E-state index in [1.54, 1.807) is 21.3 Å². The van der Waals surface area contributed by atoms with Crippen LogP contribution in [-0.4, -0.2) is 21.3 Å². The van der Waals surface area contributed by atoms with Crippen LogP contribution >= 0.6 is 0 Å². The smallest absolute Gasteiger partial charge is 0.122 e. The Labute approximate surface area is 125 Å². The van der Waals surface area contributed by atoms with Gasteiger partial charge in [-0.3, -0.25) is 0 Å². The second-order valence-corrected chi connectivity index (χ2v) is 4.85. The van der Waals surface area contributed by atoms with Crippen molar-refractivity contribution in [1.29, 1.82) is 0 Å². The summed E-state index contributed by atoms with van der Waals surface area (Å²) >= 11 is 0. The lowest BCUT2D eigenvalue weighted by molar-refractivity contribution is 0.393. The van der Waals surface area contributed by atoms with Crippen LogP contribution < -0.4 is 19.9 Å². The van der Waals surface area contributed by atoms with Crippen LogP contribution in [-0.2, 0) is 0 Å². The van der Waals surface area contributed by atoms with Crippen molar-refractivity contribution in [2.24, 2.45) is 5.73 Å². The van der Waals surface area contributed by atoms with E-state index in [0.717, 1.165) is 33.9 Å². The van der Waals surface area contributed by atoms with Crippen LogP contribution in [0.4, 0.5) is 0 Å². The van der Waals surface area contributed by atoms with Gasteiger partial charge in [0.25, 0.3) is 0 Å². The Morgan fingerprint density at radius 2 is 1.38 bits per heavy atom. The van der Waals surface area contributed by atoms with Crippen molar-refractivity contribution in [3.05, 3.63) is 53.1 Å². The molecule has 0 aliphatic heterocycles. The quantitative estimate of drug-likeness (QED) is 0.918. The first kappa shape index (κ1) is 15.2. The SMILES string of the molecule is COc1cc(OC)cc(C(N)c2ccc(OC)cc2C)c1. The Bertz CT molecular complexity index is 603. The maximum Gasteiger partial charge on any atom is 0.122 e. The second-order valence-electron chi connectivity index (χ2n) is 4.85. The number of hydrogen-bond donors (Lipinski definition) is 1. The van der Waals surface area contributed by atoms with E-state index in [1.165, 1.54) is 0 Å². The molecule has 21 heavy (non-hydrogen) atoms. The summed E-state index contributed by atoms with van der Waals surface area (Å²) in [5, 5.41) is 0. The van der Waals surface area contributed by atoms with Gasteiger partial charge in [0.1, 0.15) is 17.2 Å². The van der Waals surface area contributed by atoms with Gasteiger partial charge in [-0.25, -0.2) is 0 Å². The van der Waals surface area contributed by atoms with Crippen molar-refractivity contribution in [2.45, 2.75) is 13.0 Å². The van der Waals surface area contributed by atoms with Gasteiger partial charge in [0, 0.05) is 6.07 Å². The number of aryl methyl sites for hydroxylation is 1. The van der Waals surface area contributed by atoms with Crippen LogP contribution in [0.3, 0.4) is 0 Å². The van der Waals surface area contributed by atoms with Gasteiger partial charge >= 0.3 is 0 Å². The van der Waals surface area contributed by atoms with Gasteiger partial charge in [0.15, 0.2) is 0 Å². The van der Waals surface area contributed by atoms with Crippen molar-refractivity contribution < 1.29 is 14.2 Å². The molecule has 4 heteroatoms. The monoisotopic (exact) mass is 287 g/mol. The van der Waals surface area contributed by atoms with Gasteiger partial charge in [0.2, 0.25) is 0 Å². The second kappa shape index (κ2) is 6.50. The number of hydrogen-bond acceptors (Lipinski definition) is 4. The Hall–Kier alpha value is -2.20. The third-order valence-electron chi connectivity index (χ3n) is 3.54. The van der Waals surface area contributed by atoms with E-state index in [4.69, 9.17) is 19.9 Å². The molecule has 0 spiro atoms. The molecule has 0 radical (unpaired) electrons. The fraction of sp³-hybridized carbons (Fsp3) is 0.294. The molecule has 1 unspecified atom stereocenters. The van der Waals surface area contributed by atoms with Gasteiger partial charge in [0.05, 0.1) is 27.4 Å². The van der Waals surface area contributed by atoms with E-state index in [-0.39, 0.29) is 6.04 Å². The molecule has 0 aliphatic rings. The number of methoxy groups -OCH3 is 3. The zero-order chi connectivity index (χ0) is 15.4. The predicted molar refractivity (Wildman–Crippen MR) is 83.3 cm³/mol. The first-order valence-electron chi connectivity index (χ1n) is 6.72. The van der Waals surface area contributed by atoms with E-state index >= 15 is 0 Å². The molecular formula is C17H21NO3. The van der Waals surface area contributed by atoms with E-state index < -0.39 is 0 Å². The highest BCUT2D eigenvalue weighted by molar-refractivity contribution is 5.45. The molecule has 112 valence electrons. The summed E-state index contributed by atoms with van der Waals surface area (Å²) in [5.41, 5.74) is 9.48. The van der Waals surface area contributed by atoms with E-state index in [0.29, 0.717) is 0 Å². The molecule has 0 bridgehead atoms. The maximum absolute atomic E-state index is 6.40. The van der Waals surface area contributed by atoms with Gasteiger partial charge < -0.3 is 19.9 Å². The average molecular weight is 287 g/mol. The molecule has 4 nitrogen and oxygen atoms in total. The molecule has 0 aromatic heterocycles. The highest BCUT2D eigenvalue weighted by Crippen LogP contribution is 2.31. The van der Waals surface area contributed by atoms with Crippen molar-refractivity contribution >= 4 is 0 Å². The minimum atomic E-state index is -0.250. The van der Waals surface area contributed by atoms with Crippen LogP contribution in [0.1, 0.15) is 22.7 Å². The van der Waals surface area contributed by atoms with Gasteiger partial charge in [-0.15, -0.1) is 0 Å². The maximum atomic E-state index is 6.40. The van der Waals surface area contributed by atoms with Crippen molar-refractivity contribution in [2.75, 3.05) is 21.3 Å². The first-order valence-corrected chi connectivity index (χ1v) is 6.72. The molecule has 0 fully saturated rings. The summed E-state index contributed by atoms with van der Waals surface area (Å²) in [4.78, 5) is 0. The molecule has 2 rings (SSSR count). The number of nitrogens with two attached hydrogens (primary N) is 1. The minimum absolute atomic E-state index is 0.250. The van der Waals surface area contributed by atoms with Crippen LogP contribution in [0.5, 0.6) is 17.2 Å². The fourth-order valence-corrected chi connectivity index (χ4v) is 2.31. The lowest BCUT2D eigenvalue weighted by atomic mass is 9.95. The highest BCUT2D eigenvalue weighted by Gasteiger charge is 2.14. The Morgan fingerprint density at radius 1 is 0.810 bits per heavy atom. The summed E-state index contributed by atoms with van der Waals surface area (Å²) in [5.74, 6) is 2.28. The first-order chi connectivity index (χ1) is 10.1. The van der Waals surface area contributed by atoms with Gasteiger partial charge in [-0.05, 0) is 47.9 Å². The lowest BCUT2D eigenvalue weighted by Crippen LogP contribution is -2.13. The molecule has 2 aromatic rings. The molecule has 0 aliphatic carbocycles. The lowest BCUT2D eigenvalue weighted by Gasteiger charge is -2.18. The summed E-state index contributed by atoms with van der Waals surface area (Å²) in [7, 11) is 4.91. The Kier molecular flexibility index (Phi) is 4.70. The summed E-state index contributed by atoms with van der Waals surface area (Å²) < 4.78 is 15.8. The topological polar surface area (TPSA) is 53.7 Å². The molecular weight excluding hydrogens is 266 g/mol. The van der Waals surface area contributed by atoms with Crippen LogP contribution in [0.25, 0.3) is 0 Å². The average Bonchev–Trinajstić information content (AvgIpc) is 2.53. The minimum Gasteiger partial charge on any atom is -0.497 e. The normalized spacial score (nSPS) is 11.9. The molecule has 0 saturated carbocycles. The van der Waals surface area contributed by atoms with Crippen LogP contribution in [0.2, 0.25) is 0 Å². The van der Waals surface area contributed by atoms with Gasteiger partial charge in [-0.1, -0.05) is 6.07 Å². The Balaban J connectivity index is 2.41. The van der Waals surface area contributed by atoms with Crippen LogP contribution in [0.15, 0.2) is 36.4 Å². The zero-order valence-electron chi connectivity index (χ0n) is 12.8. The van der Waals surface area contributed by atoms with Gasteiger partial charge in [-0.2, -0.15) is 0 Å². The molecule has 2 N–H and O–H groups in total. The third kappa shape index (κ3) is 3.28. The standard InChI is InChI=1S/C17H21NO3/c1-11-7-13(19-2)5-6-16(11)17(18)12-8-14(20-3)10-15(9-12)21-4/h5-10,17H,18H2,1-4H3. The highest BCUT2D eigenvalue weighted by atomic mass is 16.5. The van der Waals surface area contributed by atoms with Crippen molar-refractivity contribution in [3.63, 3.8) is 0 Å². The number of rotatable bonds is 5. The molecule has 1 atom stereocenters.